The molecule has 2 aromatic rings. The van der Waals surface area contributed by atoms with Crippen molar-refractivity contribution in [3.8, 4) is 5.75 Å². The van der Waals surface area contributed by atoms with Crippen LogP contribution in [0.25, 0.3) is 0 Å². The van der Waals surface area contributed by atoms with E-state index in [1.165, 1.54) is 0 Å². The number of carbonyl (C=O) groups is 1. The van der Waals surface area contributed by atoms with Gasteiger partial charge in [0.2, 0.25) is 5.91 Å². The summed E-state index contributed by atoms with van der Waals surface area (Å²) in [6.07, 6.45) is -3.98. The zero-order valence-electron chi connectivity index (χ0n) is 16.4. The van der Waals surface area contributed by atoms with E-state index in [2.05, 4.69) is 4.90 Å². The molecule has 0 N–H and O–H groups in total. The van der Waals surface area contributed by atoms with Crippen molar-refractivity contribution in [1.29, 1.82) is 0 Å². The summed E-state index contributed by atoms with van der Waals surface area (Å²) in [6.45, 7) is 3.77. The number of aryl methyl sites for hydroxylation is 1. The van der Waals surface area contributed by atoms with E-state index in [9.17, 15) is 18.0 Å². The van der Waals surface area contributed by atoms with E-state index in [1.807, 2.05) is 36.1 Å². The molecule has 1 amide bonds. The van der Waals surface area contributed by atoms with Crippen LogP contribution in [0.4, 0.5) is 13.2 Å². The van der Waals surface area contributed by atoms with E-state index in [1.54, 1.807) is 24.3 Å². The molecular weight excluding hydrogens is 381 g/mol. The summed E-state index contributed by atoms with van der Waals surface area (Å²) in [6, 6.07) is 14.7. The third-order valence-electron chi connectivity index (χ3n) is 4.96. The highest BCUT2D eigenvalue weighted by Gasteiger charge is 2.29. The van der Waals surface area contributed by atoms with Crippen LogP contribution in [-0.2, 0) is 17.8 Å². The van der Waals surface area contributed by atoms with Gasteiger partial charge in [-0.2, -0.15) is 13.2 Å². The molecule has 1 saturated heterocycles. The average molecular weight is 406 g/mol. The highest BCUT2D eigenvalue weighted by atomic mass is 19.4. The number of para-hydroxylation sites is 1. The van der Waals surface area contributed by atoms with Crippen LogP contribution in [0, 0.1) is 6.92 Å². The molecule has 4 nitrogen and oxygen atoms in total. The summed E-state index contributed by atoms with van der Waals surface area (Å²) in [4.78, 5) is 16.5. The van der Waals surface area contributed by atoms with Crippen molar-refractivity contribution in [3.05, 3.63) is 65.2 Å². The molecule has 29 heavy (non-hydrogen) atoms. The van der Waals surface area contributed by atoms with Gasteiger partial charge in [-0.25, -0.2) is 0 Å². The van der Waals surface area contributed by atoms with Crippen LogP contribution in [0.15, 0.2) is 48.5 Å². The van der Waals surface area contributed by atoms with Crippen molar-refractivity contribution < 1.29 is 22.7 Å². The third-order valence-corrected chi connectivity index (χ3v) is 4.96. The topological polar surface area (TPSA) is 32.8 Å². The van der Waals surface area contributed by atoms with Gasteiger partial charge in [-0.05, 0) is 18.6 Å². The molecule has 0 spiro atoms. The first-order chi connectivity index (χ1) is 13.8. The van der Waals surface area contributed by atoms with Crippen LogP contribution < -0.4 is 4.74 Å². The number of rotatable bonds is 6. The normalized spacial score (nSPS) is 15.4. The Morgan fingerprint density at radius 3 is 2.31 bits per heavy atom. The number of nitrogens with zero attached hydrogens (tertiary/aromatic N) is 2. The second kappa shape index (κ2) is 9.31. The maximum absolute atomic E-state index is 12.5. The number of carbonyl (C=O) groups excluding carboxylic acids is 1. The highest BCUT2D eigenvalue weighted by Crippen LogP contribution is 2.24. The van der Waals surface area contributed by atoms with Crippen molar-refractivity contribution in [2.24, 2.45) is 0 Å². The second-order valence-electron chi connectivity index (χ2n) is 7.33. The lowest BCUT2D eigenvalue weighted by atomic mass is 10.1. The second-order valence-corrected chi connectivity index (χ2v) is 7.33. The summed E-state index contributed by atoms with van der Waals surface area (Å²) in [5, 5.41) is 0. The predicted octanol–water partition coefficient (Wildman–Crippen LogP) is 3.82. The molecule has 0 atom stereocenters. The Labute approximate surface area is 168 Å². The molecule has 0 radical (unpaired) electrons. The van der Waals surface area contributed by atoms with Gasteiger partial charge in [0.1, 0.15) is 5.75 Å². The smallest absolute Gasteiger partial charge is 0.422 e. The molecule has 0 bridgehead atoms. The minimum absolute atomic E-state index is 0.0995. The lowest BCUT2D eigenvalue weighted by molar-refractivity contribution is -0.153. The van der Waals surface area contributed by atoms with E-state index in [0.29, 0.717) is 39.1 Å². The summed E-state index contributed by atoms with van der Waals surface area (Å²) in [5.74, 6) is 0.352. The Kier molecular flexibility index (Phi) is 6.79. The van der Waals surface area contributed by atoms with E-state index in [0.717, 1.165) is 16.7 Å². The zero-order valence-corrected chi connectivity index (χ0v) is 16.4. The van der Waals surface area contributed by atoms with Crippen LogP contribution >= 0.6 is 0 Å². The van der Waals surface area contributed by atoms with Gasteiger partial charge >= 0.3 is 6.18 Å². The van der Waals surface area contributed by atoms with Gasteiger partial charge in [-0.3, -0.25) is 9.69 Å². The SMILES string of the molecule is Cc1ccc(CC(=O)N2CCN(Cc3ccccc3OCC(F)(F)F)CC2)cc1. The van der Waals surface area contributed by atoms with Gasteiger partial charge in [-0.15, -0.1) is 0 Å². The number of piperazine rings is 1. The molecule has 2 aromatic carbocycles. The number of ether oxygens (including phenoxy) is 1. The van der Waals surface area contributed by atoms with Crippen LogP contribution in [0.3, 0.4) is 0 Å². The first-order valence-corrected chi connectivity index (χ1v) is 9.63. The number of hydrogen-bond acceptors (Lipinski definition) is 3. The molecule has 7 heteroatoms. The molecule has 0 aliphatic carbocycles. The van der Waals surface area contributed by atoms with E-state index in [-0.39, 0.29) is 11.7 Å². The van der Waals surface area contributed by atoms with Gasteiger partial charge in [0, 0.05) is 38.3 Å². The maximum atomic E-state index is 12.5. The molecule has 0 unspecified atom stereocenters. The Morgan fingerprint density at radius 1 is 1.00 bits per heavy atom. The first kappa shape index (κ1) is 21.2. The van der Waals surface area contributed by atoms with E-state index < -0.39 is 12.8 Å². The Morgan fingerprint density at radius 2 is 1.66 bits per heavy atom. The van der Waals surface area contributed by atoms with Crippen molar-refractivity contribution in [3.63, 3.8) is 0 Å². The van der Waals surface area contributed by atoms with Gasteiger partial charge in [0.25, 0.3) is 0 Å². The minimum Gasteiger partial charge on any atom is -0.484 e. The van der Waals surface area contributed by atoms with Crippen molar-refractivity contribution in [1.82, 2.24) is 9.80 Å². The fourth-order valence-electron chi connectivity index (χ4n) is 3.32. The zero-order chi connectivity index (χ0) is 20.9. The average Bonchev–Trinajstić information content (AvgIpc) is 2.69. The van der Waals surface area contributed by atoms with E-state index >= 15 is 0 Å². The number of halogens is 3. The Bertz CT molecular complexity index is 814. The fourth-order valence-corrected chi connectivity index (χ4v) is 3.32. The molecule has 0 aromatic heterocycles. The highest BCUT2D eigenvalue weighted by molar-refractivity contribution is 5.78. The number of alkyl halides is 3. The minimum atomic E-state index is -4.36. The Balaban J connectivity index is 1.51. The Hall–Kier alpha value is -2.54. The summed E-state index contributed by atoms with van der Waals surface area (Å²) >= 11 is 0. The van der Waals surface area contributed by atoms with Gasteiger partial charge in [-0.1, -0.05) is 48.0 Å². The number of benzene rings is 2. The molecule has 1 fully saturated rings. The summed E-state index contributed by atoms with van der Waals surface area (Å²) < 4.78 is 42.3. The monoisotopic (exact) mass is 406 g/mol. The van der Waals surface area contributed by atoms with Gasteiger partial charge in [0.15, 0.2) is 6.61 Å². The number of amides is 1. The fraction of sp³-hybridized carbons (Fsp3) is 0.409. The molecule has 1 aliphatic heterocycles. The van der Waals surface area contributed by atoms with Crippen LogP contribution in [-0.4, -0.2) is 54.7 Å². The number of hydrogen-bond donors (Lipinski definition) is 0. The quantitative estimate of drug-likeness (QED) is 0.731. The van der Waals surface area contributed by atoms with Crippen molar-refractivity contribution >= 4 is 5.91 Å². The molecule has 3 rings (SSSR count). The van der Waals surface area contributed by atoms with Crippen molar-refractivity contribution in [2.45, 2.75) is 26.1 Å². The summed E-state index contributed by atoms with van der Waals surface area (Å²) in [5.41, 5.74) is 2.88. The lowest BCUT2D eigenvalue weighted by Crippen LogP contribution is -2.48. The molecule has 156 valence electrons. The van der Waals surface area contributed by atoms with E-state index in [4.69, 9.17) is 4.74 Å². The maximum Gasteiger partial charge on any atom is 0.422 e. The standard InChI is InChI=1S/C22H25F3N2O2/c1-17-6-8-18(9-7-17)14-21(28)27-12-10-26(11-13-27)15-19-4-2-3-5-20(19)29-16-22(23,24)25/h2-9H,10-16H2,1H3. The first-order valence-electron chi connectivity index (χ1n) is 9.63. The molecule has 1 aliphatic rings. The van der Waals surface area contributed by atoms with Crippen molar-refractivity contribution in [2.75, 3.05) is 32.8 Å². The van der Waals surface area contributed by atoms with Crippen LogP contribution in [0.5, 0.6) is 5.75 Å². The molecular formula is C22H25F3N2O2. The largest absolute Gasteiger partial charge is 0.484 e. The van der Waals surface area contributed by atoms with Crippen LogP contribution in [0.2, 0.25) is 0 Å². The van der Waals surface area contributed by atoms with Crippen LogP contribution in [0.1, 0.15) is 16.7 Å². The lowest BCUT2D eigenvalue weighted by Gasteiger charge is -2.35. The van der Waals surface area contributed by atoms with Gasteiger partial charge < -0.3 is 9.64 Å². The molecule has 1 heterocycles. The predicted molar refractivity (Wildman–Crippen MR) is 105 cm³/mol. The summed E-state index contributed by atoms with van der Waals surface area (Å²) in [7, 11) is 0. The van der Waals surface area contributed by atoms with Gasteiger partial charge in [0.05, 0.1) is 6.42 Å². The third kappa shape index (κ3) is 6.49. The molecule has 0 saturated carbocycles.